The number of carbonyl (C=O) groups excluding carboxylic acids is 2. The number of rotatable bonds is 11. The molecule has 6 nitrogen and oxygen atoms in total. The lowest BCUT2D eigenvalue weighted by molar-refractivity contribution is -0.143. The SMILES string of the molecule is CCOC(=O)CCCCn1ccc(/C=C2\CN(C(C(=O)C3CC3)c3ccccc3F)CCC2S)n1. The average Bonchev–Trinajstić information content (AvgIpc) is 3.60. The fourth-order valence-electron chi connectivity index (χ4n) is 4.62. The first kappa shape index (κ1) is 25.6. The number of nitrogens with zero attached hydrogens (tertiary/aromatic N) is 3. The molecular weight excluding hydrogens is 465 g/mol. The minimum atomic E-state index is -0.565. The summed E-state index contributed by atoms with van der Waals surface area (Å²) in [6.45, 7) is 4.19. The molecule has 35 heavy (non-hydrogen) atoms. The van der Waals surface area contributed by atoms with Crippen LogP contribution in [-0.2, 0) is 20.9 Å². The van der Waals surface area contributed by atoms with E-state index in [0.29, 0.717) is 31.7 Å². The van der Waals surface area contributed by atoms with Crippen LogP contribution in [0.25, 0.3) is 6.08 Å². The molecule has 1 aliphatic carbocycles. The number of unbranched alkanes of at least 4 members (excludes halogenated alkanes) is 1. The Labute approximate surface area is 211 Å². The van der Waals surface area contributed by atoms with Gasteiger partial charge in [0.1, 0.15) is 5.82 Å². The largest absolute Gasteiger partial charge is 0.466 e. The number of thiol groups is 1. The minimum absolute atomic E-state index is 0.0419. The van der Waals surface area contributed by atoms with Gasteiger partial charge in [0.15, 0.2) is 5.78 Å². The lowest BCUT2D eigenvalue weighted by Crippen LogP contribution is -2.42. The van der Waals surface area contributed by atoms with E-state index in [1.165, 1.54) is 6.07 Å². The van der Waals surface area contributed by atoms with Crippen LogP contribution >= 0.6 is 12.6 Å². The monoisotopic (exact) mass is 499 g/mol. The third-order valence-corrected chi connectivity index (χ3v) is 7.23. The summed E-state index contributed by atoms with van der Waals surface area (Å²) in [4.78, 5) is 26.8. The molecule has 0 radical (unpaired) electrons. The Morgan fingerprint density at radius 2 is 2.03 bits per heavy atom. The zero-order valence-corrected chi connectivity index (χ0v) is 21.1. The molecule has 0 bridgehead atoms. The van der Waals surface area contributed by atoms with Gasteiger partial charge in [-0.2, -0.15) is 17.7 Å². The fraction of sp³-hybridized carbons (Fsp3) is 0.519. The number of ether oxygens (including phenoxy) is 1. The molecule has 1 saturated heterocycles. The predicted octanol–water partition coefficient (Wildman–Crippen LogP) is 4.86. The molecule has 0 spiro atoms. The summed E-state index contributed by atoms with van der Waals surface area (Å²) in [6, 6.07) is 8.03. The summed E-state index contributed by atoms with van der Waals surface area (Å²) in [7, 11) is 0. The summed E-state index contributed by atoms with van der Waals surface area (Å²) in [5, 5.41) is 4.72. The molecule has 188 valence electrons. The minimum Gasteiger partial charge on any atom is -0.466 e. The van der Waals surface area contributed by atoms with Crippen LogP contribution in [0.1, 0.15) is 62.7 Å². The van der Waals surface area contributed by atoms with E-state index in [-0.39, 0.29) is 28.7 Å². The van der Waals surface area contributed by atoms with E-state index in [4.69, 9.17) is 17.4 Å². The first-order chi connectivity index (χ1) is 17.0. The van der Waals surface area contributed by atoms with Crippen LogP contribution in [0.15, 0.2) is 42.1 Å². The average molecular weight is 500 g/mol. The molecule has 1 aromatic heterocycles. The van der Waals surface area contributed by atoms with Crippen LogP contribution in [0.4, 0.5) is 4.39 Å². The molecule has 2 aliphatic rings. The van der Waals surface area contributed by atoms with Crippen molar-refractivity contribution in [3.8, 4) is 0 Å². The van der Waals surface area contributed by atoms with E-state index >= 15 is 0 Å². The second-order valence-corrected chi connectivity index (χ2v) is 9.98. The predicted molar refractivity (Wildman–Crippen MR) is 137 cm³/mol. The first-order valence-electron chi connectivity index (χ1n) is 12.6. The first-order valence-corrected chi connectivity index (χ1v) is 13.1. The van der Waals surface area contributed by atoms with Crippen molar-refractivity contribution < 1.29 is 18.7 Å². The molecule has 4 rings (SSSR count). The summed E-state index contributed by atoms with van der Waals surface area (Å²) < 4.78 is 21.6. The van der Waals surface area contributed by atoms with Crippen molar-refractivity contribution in [1.29, 1.82) is 0 Å². The van der Waals surface area contributed by atoms with Crippen LogP contribution in [0.3, 0.4) is 0 Å². The molecule has 2 aromatic rings. The van der Waals surface area contributed by atoms with E-state index in [1.54, 1.807) is 18.2 Å². The Morgan fingerprint density at radius 3 is 2.77 bits per heavy atom. The maximum Gasteiger partial charge on any atom is 0.305 e. The third-order valence-electron chi connectivity index (χ3n) is 6.64. The van der Waals surface area contributed by atoms with Crippen molar-refractivity contribution >= 4 is 30.5 Å². The van der Waals surface area contributed by atoms with E-state index in [0.717, 1.165) is 49.9 Å². The van der Waals surface area contributed by atoms with Gasteiger partial charge in [0, 0.05) is 49.0 Å². The molecule has 0 amide bonds. The van der Waals surface area contributed by atoms with Crippen LogP contribution in [0.5, 0.6) is 0 Å². The van der Waals surface area contributed by atoms with Gasteiger partial charge in [-0.3, -0.25) is 19.2 Å². The van der Waals surface area contributed by atoms with Gasteiger partial charge < -0.3 is 4.74 Å². The normalized spacial score (nSPS) is 20.7. The highest BCUT2D eigenvalue weighted by Gasteiger charge is 2.40. The highest BCUT2D eigenvalue weighted by atomic mass is 32.1. The molecule has 1 saturated carbocycles. The van der Waals surface area contributed by atoms with Crippen LogP contribution in [-0.4, -0.2) is 51.4 Å². The number of piperidine rings is 1. The van der Waals surface area contributed by atoms with Crippen molar-refractivity contribution in [2.45, 2.75) is 63.3 Å². The van der Waals surface area contributed by atoms with E-state index in [2.05, 4.69) is 10.00 Å². The summed E-state index contributed by atoms with van der Waals surface area (Å²) in [6.07, 6.45) is 8.57. The Balaban J connectivity index is 1.43. The van der Waals surface area contributed by atoms with E-state index in [1.807, 2.05) is 29.9 Å². The number of Topliss-reactive ketones (excluding diaryl/α,β-unsaturated/α-hetero) is 1. The second-order valence-electron chi connectivity index (χ2n) is 9.36. The molecule has 0 N–H and O–H groups in total. The topological polar surface area (TPSA) is 64.4 Å². The summed E-state index contributed by atoms with van der Waals surface area (Å²) in [5.41, 5.74) is 2.38. The number of ketones is 1. The van der Waals surface area contributed by atoms with Gasteiger partial charge >= 0.3 is 5.97 Å². The zero-order valence-electron chi connectivity index (χ0n) is 20.2. The zero-order chi connectivity index (χ0) is 24.8. The van der Waals surface area contributed by atoms with Gasteiger partial charge in [0.05, 0.1) is 18.3 Å². The molecule has 8 heteroatoms. The Bertz CT molecular complexity index is 1070. The van der Waals surface area contributed by atoms with E-state index in [9.17, 15) is 14.0 Å². The molecule has 2 atom stereocenters. The standard InChI is InChI=1S/C27H34FN3O3S/c1-2-34-25(32)9-5-6-14-31-16-12-21(29-31)17-20-18-30(15-13-24(20)35)26(27(33)19-10-11-19)22-7-3-4-8-23(22)28/h3-4,7-8,12,16-17,19,24,26,35H,2,5-6,9-11,13-15,18H2,1H3/b20-17+. The Kier molecular flexibility index (Phi) is 8.78. The van der Waals surface area contributed by atoms with Crippen molar-refractivity contribution in [1.82, 2.24) is 14.7 Å². The molecule has 1 aromatic carbocycles. The number of benzene rings is 1. The van der Waals surface area contributed by atoms with Crippen LogP contribution < -0.4 is 0 Å². The lowest BCUT2D eigenvalue weighted by atomic mass is 9.93. The maximum atomic E-state index is 14.7. The quantitative estimate of drug-likeness (QED) is 0.272. The van der Waals surface area contributed by atoms with Gasteiger partial charge in [0.25, 0.3) is 0 Å². The molecule has 2 unspecified atom stereocenters. The highest BCUT2D eigenvalue weighted by molar-refractivity contribution is 7.81. The highest BCUT2D eigenvalue weighted by Crippen LogP contribution is 2.39. The van der Waals surface area contributed by atoms with E-state index < -0.39 is 6.04 Å². The van der Waals surface area contributed by atoms with Gasteiger partial charge in [-0.15, -0.1) is 0 Å². The van der Waals surface area contributed by atoms with Gasteiger partial charge in [-0.05, 0) is 62.8 Å². The van der Waals surface area contributed by atoms with Crippen LogP contribution in [0, 0.1) is 11.7 Å². The summed E-state index contributed by atoms with van der Waals surface area (Å²) in [5.74, 6) is -0.319. The van der Waals surface area contributed by atoms with Crippen LogP contribution in [0.2, 0.25) is 0 Å². The third kappa shape index (κ3) is 6.82. The van der Waals surface area contributed by atoms with Gasteiger partial charge in [-0.1, -0.05) is 18.2 Å². The number of aryl methyl sites for hydroxylation is 1. The molecule has 2 fully saturated rings. The van der Waals surface area contributed by atoms with Gasteiger partial charge in [-0.25, -0.2) is 4.39 Å². The number of hydrogen-bond donors (Lipinski definition) is 1. The number of hydrogen-bond acceptors (Lipinski definition) is 6. The van der Waals surface area contributed by atoms with Crippen molar-refractivity contribution in [2.24, 2.45) is 5.92 Å². The van der Waals surface area contributed by atoms with Gasteiger partial charge in [0.2, 0.25) is 0 Å². The van der Waals surface area contributed by atoms with Crippen molar-refractivity contribution in [3.05, 3.63) is 59.2 Å². The number of likely N-dealkylation sites (tertiary alicyclic amines) is 1. The molecule has 2 heterocycles. The smallest absolute Gasteiger partial charge is 0.305 e. The van der Waals surface area contributed by atoms with Crippen molar-refractivity contribution in [2.75, 3.05) is 19.7 Å². The fourth-order valence-corrected chi connectivity index (χ4v) is 4.89. The number of carbonyl (C=O) groups is 2. The second kappa shape index (κ2) is 12.0. The number of esters is 1. The Hall–Kier alpha value is -2.45. The maximum absolute atomic E-state index is 14.7. The molecular formula is C27H34FN3O3S. The Morgan fingerprint density at radius 1 is 1.23 bits per heavy atom. The van der Waals surface area contributed by atoms with Crippen molar-refractivity contribution in [3.63, 3.8) is 0 Å². The lowest BCUT2D eigenvalue weighted by Gasteiger charge is -2.37. The summed E-state index contributed by atoms with van der Waals surface area (Å²) >= 11 is 4.79. The molecule has 1 aliphatic heterocycles. The number of halogens is 1. The number of aromatic nitrogens is 2.